The Morgan fingerprint density at radius 3 is 1.52 bits per heavy atom. The molecule has 7 heteroatoms. The first-order valence-electron chi connectivity index (χ1n) is 7.36. The summed E-state index contributed by atoms with van der Waals surface area (Å²) in [5, 5.41) is 29.4. The monoisotopic (exact) mass is 420 g/mol. The Morgan fingerprint density at radius 2 is 1.20 bits per heavy atom. The van der Waals surface area contributed by atoms with Crippen molar-refractivity contribution in [2.75, 3.05) is 6.61 Å². The number of phenols is 2. The second-order valence-corrected chi connectivity index (χ2v) is 7.31. The predicted molar refractivity (Wildman–Crippen MR) is 104 cm³/mol. The van der Waals surface area contributed by atoms with Gasteiger partial charge in [0.1, 0.15) is 11.5 Å². The lowest BCUT2D eigenvalue weighted by Crippen LogP contribution is -2.23. The number of aliphatic hydroxyl groups excluding tert-OH is 1. The van der Waals surface area contributed by atoms with Gasteiger partial charge in [-0.2, -0.15) is 0 Å². The quantitative estimate of drug-likeness (QED) is 0.522. The standard InChI is InChI=1S/C18H16Cl4O3/c1-18(4-2-3-5-23,16-12(19)6-10(24)7-13(16)20)17-14(21)8-11(25)9-15(17)22/h2,4,6-9,23-25H,3,5H2,1H3. The second-order valence-electron chi connectivity index (χ2n) is 5.69. The third kappa shape index (κ3) is 4.18. The number of aliphatic hydroxyl groups is 1. The Labute approximate surface area is 166 Å². The molecule has 0 amide bonds. The molecule has 0 fully saturated rings. The van der Waals surface area contributed by atoms with Gasteiger partial charge in [0.15, 0.2) is 0 Å². The summed E-state index contributed by atoms with van der Waals surface area (Å²) in [6, 6.07) is 5.51. The zero-order valence-electron chi connectivity index (χ0n) is 13.2. The zero-order valence-corrected chi connectivity index (χ0v) is 16.3. The van der Waals surface area contributed by atoms with Crippen LogP contribution in [0.5, 0.6) is 11.5 Å². The van der Waals surface area contributed by atoms with Gasteiger partial charge < -0.3 is 15.3 Å². The zero-order chi connectivity index (χ0) is 18.8. The summed E-state index contributed by atoms with van der Waals surface area (Å²) < 4.78 is 0. The van der Waals surface area contributed by atoms with Crippen molar-refractivity contribution in [1.82, 2.24) is 0 Å². The van der Waals surface area contributed by atoms with Gasteiger partial charge in [-0.05, 0) is 37.6 Å². The minimum Gasteiger partial charge on any atom is -0.508 e. The van der Waals surface area contributed by atoms with Crippen molar-refractivity contribution in [3.05, 3.63) is 67.6 Å². The maximum atomic E-state index is 9.71. The van der Waals surface area contributed by atoms with E-state index in [4.69, 9.17) is 51.5 Å². The molecule has 0 aromatic heterocycles. The average molecular weight is 422 g/mol. The number of rotatable bonds is 5. The van der Waals surface area contributed by atoms with E-state index in [0.29, 0.717) is 17.5 Å². The summed E-state index contributed by atoms with van der Waals surface area (Å²) in [6.45, 7) is 1.79. The lowest BCUT2D eigenvalue weighted by atomic mass is 9.75. The maximum absolute atomic E-state index is 9.71. The Balaban J connectivity index is 2.82. The molecule has 0 radical (unpaired) electrons. The summed E-state index contributed by atoms with van der Waals surface area (Å²) in [5.41, 5.74) is 0.0356. The van der Waals surface area contributed by atoms with Gasteiger partial charge in [-0.3, -0.25) is 0 Å². The summed E-state index contributed by atoms with van der Waals surface area (Å²) in [7, 11) is 0. The molecular weight excluding hydrogens is 406 g/mol. The van der Waals surface area contributed by atoms with Gasteiger partial charge in [0, 0.05) is 23.1 Å². The van der Waals surface area contributed by atoms with Crippen LogP contribution in [0.4, 0.5) is 0 Å². The number of halogens is 4. The Hall–Kier alpha value is -1.10. The largest absolute Gasteiger partial charge is 0.508 e. The van der Waals surface area contributed by atoms with E-state index in [1.807, 2.05) is 6.92 Å². The van der Waals surface area contributed by atoms with E-state index >= 15 is 0 Å². The number of hydrogen-bond acceptors (Lipinski definition) is 3. The topological polar surface area (TPSA) is 60.7 Å². The lowest BCUT2D eigenvalue weighted by molar-refractivity contribution is 0.302. The summed E-state index contributed by atoms with van der Waals surface area (Å²) in [4.78, 5) is 0. The van der Waals surface area contributed by atoms with Crippen molar-refractivity contribution < 1.29 is 15.3 Å². The van der Waals surface area contributed by atoms with Crippen LogP contribution in [0, 0.1) is 0 Å². The molecule has 3 N–H and O–H groups in total. The smallest absolute Gasteiger partial charge is 0.118 e. The maximum Gasteiger partial charge on any atom is 0.118 e. The van der Waals surface area contributed by atoms with E-state index in [2.05, 4.69) is 0 Å². The Bertz CT molecular complexity index is 714. The summed E-state index contributed by atoms with van der Waals surface area (Å²) in [6.07, 6.45) is 3.97. The number of phenolic OH excluding ortho intramolecular Hbond substituents is 2. The second kappa shape index (κ2) is 8.07. The van der Waals surface area contributed by atoms with Crippen LogP contribution in [-0.4, -0.2) is 21.9 Å². The lowest BCUT2D eigenvalue weighted by Gasteiger charge is -2.31. The molecule has 3 nitrogen and oxygen atoms in total. The van der Waals surface area contributed by atoms with Crippen LogP contribution in [-0.2, 0) is 5.41 Å². The van der Waals surface area contributed by atoms with E-state index in [-0.39, 0.29) is 38.2 Å². The van der Waals surface area contributed by atoms with Crippen LogP contribution in [0.25, 0.3) is 0 Å². The molecule has 134 valence electrons. The Kier molecular flexibility index (Phi) is 6.52. The molecule has 0 atom stereocenters. The molecule has 2 rings (SSSR count). The minimum absolute atomic E-state index is 0.0271. The fourth-order valence-electron chi connectivity index (χ4n) is 2.80. The molecule has 0 saturated carbocycles. The van der Waals surface area contributed by atoms with Gasteiger partial charge in [-0.1, -0.05) is 58.6 Å². The SMILES string of the molecule is CC(C=CCCO)(c1c(Cl)cc(O)cc1Cl)c1c(Cl)cc(O)cc1Cl. The highest BCUT2D eigenvalue weighted by Gasteiger charge is 2.35. The normalized spacial score (nSPS) is 12.1. The first-order chi connectivity index (χ1) is 11.7. The molecule has 0 saturated heterocycles. The highest BCUT2D eigenvalue weighted by Crippen LogP contribution is 2.48. The summed E-state index contributed by atoms with van der Waals surface area (Å²) in [5.74, 6) is -0.133. The van der Waals surface area contributed by atoms with Crippen LogP contribution in [0.15, 0.2) is 36.4 Å². The van der Waals surface area contributed by atoms with Crippen LogP contribution < -0.4 is 0 Å². The van der Waals surface area contributed by atoms with E-state index in [0.717, 1.165) is 0 Å². The van der Waals surface area contributed by atoms with Crippen LogP contribution in [0.2, 0.25) is 20.1 Å². The molecule has 0 aliphatic rings. The van der Waals surface area contributed by atoms with Gasteiger partial charge in [0.25, 0.3) is 0 Å². The van der Waals surface area contributed by atoms with Crippen molar-refractivity contribution in [2.45, 2.75) is 18.8 Å². The molecule has 2 aromatic carbocycles. The highest BCUT2D eigenvalue weighted by atomic mass is 35.5. The van der Waals surface area contributed by atoms with Crippen LogP contribution in [0.1, 0.15) is 24.5 Å². The molecule has 0 spiro atoms. The van der Waals surface area contributed by atoms with Crippen molar-refractivity contribution in [1.29, 1.82) is 0 Å². The van der Waals surface area contributed by atoms with Gasteiger partial charge in [-0.25, -0.2) is 0 Å². The van der Waals surface area contributed by atoms with E-state index in [9.17, 15) is 10.2 Å². The van der Waals surface area contributed by atoms with E-state index in [1.165, 1.54) is 24.3 Å². The van der Waals surface area contributed by atoms with Gasteiger partial charge in [0.05, 0.1) is 20.1 Å². The fourth-order valence-corrected chi connectivity index (χ4v) is 4.53. The van der Waals surface area contributed by atoms with E-state index in [1.54, 1.807) is 12.2 Å². The molecule has 2 aromatic rings. The third-order valence-electron chi connectivity index (χ3n) is 3.84. The fraction of sp³-hybridized carbons (Fsp3) is 0.222. The van der Waals surface area contributed by atoms with E-state index < -0.39 is 5.41 Å². The molecule has 0 heterocycles. The van der Waals surface area contributed by atoms with Crippen molar-refractivity contribution in [3.8, 4) is 11.5 Å². The average Bonchev–Trinajstić information content (AvgIpc) is 2.44. The van der Waals surface area contributed by atoms with Gasteiger partial charge >= 0.3 is 0 Å². The van der Waals surface area contributed by atoms with Crippen molar-refractivity contribution in [3.63, 3.8) is 0 Å². The van der Waals surface area contributed by atoms with Gasteiger partial charge in [-0.15, -0.1) is 0 Å². The number of aromatic hydroxyl groups is 2. The first kappa shape index (κ1) is 20.2. The number of hydrogen-bond donors (Lipinski definition) is 3. The van der Waals surface area contributed by atoms with Crippen molar-refractivity contribution in [2.24, 2.45) is 0 Å². The third-order valence-corrected chi connectivity index (χ3v) is 5.03. The molecular formula is C18H16Cl4O3. The molecule has 0 aliphatic carbocycles. The van der Waals surface area contributed by atoms with Crippen LogP contribution in [0.3, 0.4) is 0 Å². The molecule has 25 heavy (non-hydrogen) atoms. The Morgan fingerprint density at radius 1 is 0.840 bits per heavy atom. The van der Waals surface area contributed by atoms with Crippen LogP contribution >= 0.6 is 46.4 Å². The number of benzene rings is 2. The highest BCUT2D eigenvalue weighted by molar-refractivity contribution is 6.38. The first-order valence-corrected chi connectivity index (χ1v) is 8.87. The molecule has 0 unspecified atom stereocenters. The predicted octanol–water partition coefficient (Wildman–Crippen LogP) is 5.96. The molecule has 0 aliphatic heterocycles. The molecule has 0 bridgehead atoms. The van der Waals surface area contributed by atoms with Crippen molar-refractivity contribution >= 4 is 46.4 Å². The minimum atomic E-state index is -0.959. The summed E-state index contributed by atoms with van der Waals surface area (Å²) >= 11 is 25.4. The number of allylic oxidation sites excluding steroid dienone is 1. The van der Waals surface area contributed by atoms with Gasteiger partial charge in [0.2, 0.25) is 0 Å².